The summed E-state index contributed by atoms with van der Waals surface area (Å²) in [7, 11) is -3.20. The molecule has 0 unspecified atom stereocenters. The molecule has 0 aromatic rings. The molecule has 9 heteroatoms. The lowest BCUT2D eigenvalue weighted by atomic mass is 9.97. The standard InChI is InChI=1S/C6H10O8S/c7-2-1-14-6(11,4(9)3(2)8)5(10)15(12)13/h2-4,7-11H,1H2/t2-,3-,4+,6+/m1/s1. The molecule has 4 atom stereocenters. The van der Waals surface area contributed by atoms with Crippen molar-refractivity contribution >= 4 is 15.3 Å². The summed E-state index contributed by atoms with van der Waals surface area (Å²) in [6, 6.07) is 0. The molecule has 1 fully saturated rings. The van der Waals surface area contributed by atoms with Crippen LogP contribution in [0.2, 0.25) is 0 Å². The highest BCUT2D eigenvalue weighted by molar-refractivity contribution is 7.72. The van der Waals surface area contributed by atoms with E-state index in [1.54, 1.807) is 0 Å². The van der Waals surface area contributed by atoms with Crippen LogP contribution < -0.4 is 0 Å². The number of rotatable bonds is 1. The summed E-state index contributed by atoms with van der Waals surface area (Å²) in [6.07, 6.45) is -5.47. The van der Waals surface area contributed by atoms with Gasteiger partial charge in [-0.1, -0.05) is 0 Å². The Morgan fingerprint density at radius 1 is 1.33 bits per heavy atom. The smallest absolute Gasteiger partial charge is 0.259 e. The van der Waals surface area contributed by atoms with E-state index in [2.05, 4.69) is 4.74 Å². The highest BCUT2D eigenvalue weighted by Crippen LogP contribution is 2.24. The van der Waals surface area contributed by atoms with Gasteiger partial charge in [-0.15, -0.1) is 0 Å². The lowest BCUT2D eigenvalue weighted by Gasteiger charge is -2.39. The third kappa shape index (κ3) is 2.03. The first-order chi connectivity index (χ1) is 6.80. The first-order valence-electron chi connectivity index (χ1n) is 3.87. The minimum Gasteiger partial charge on any atom is -0.388 e. The molecule has 5 N–H and O–H groups in total. The van der Waals surface area contributed by atoms with Gasteiger partial charge in [-0.3, -0.25) is 0 Å². The maximum Gasteiger partial charge on any atom is 0.259 e. The molecule has 0 amide bonds. The molecular weight excluding hydrogens is 232 g/mol. The van der Waals surface area contributed by atoms with E-state index in [1.165, 1.54) is 0 Å². The van der Waals surface area contributed by atoms with Crippen molar-refractivity contribution in [3.8, 4) is 0 Å². The summed E-state index contributed by atoms with van der Waals surface area (Å²) in [5.74, 6) is -2.93. The van der Waals surface area contributed by atoms with Crippen LogP contribution >= 0.6 is 0 Å². The van der Waals surface area contributed by atoms with Crippen molar-refractivity contribution in [2.75, 3.05) is 6.61 Å². The quantitative estimate of drug-likeness (QED) is 0.296. The van der Waals surface area contributed by atoms with Crippen LogP contribution in [-0.4, -0.2) is 69.7 Å². The number of hydrogen-bond donors (Lipinski definition) is 5. The van der Waals surface area contributed by atoms with E-state index in [-0.39, 0.29) is 0 Å². The van der Waals surface area contributed by atoms with Crippen molar-refractivity contribution in [3.05, 3.63) is 0 Å². The van der Waals surface area contributed by atoms with Crippen LogP contribution in [0.1, 0.15) is 0 Å². The predicted octanol–water partition coefficient (Wildman–Crippen LogP) is -3.65. The van der Waals surface area contributed by atoms with Gasteiger partial charge in [0, 0.05) is 0 Å². The Hall–Kier alpha value is -0.550. The summed E-state index contributed by atoms with van der Waals surface area (Å²) >= 11 is 0. The molecule has 0 bridgehead atoms. The number of aliphatic hydroxyl groups excluding tert-OH is 4. The summed E-state index contributed by atoms with van der Waals surface area (Å²) < 4.78 is 25.1. The fraction of sp³-hybridized carbons (Fsp3) is 0.833. The highest BCUT2D eigenvalue weighted by Gasteiger charge is 2.52. The molecule has 1 aliphatic rings. The second-order valence-electron chi connectivity index (χ2n) is 3.05. The Morgan fingerprint density at radius 3 is 2.33 bits per heavy atom. The summed E-state index contributed by atoms with van der Waals surface area (Å²) in [5, 5.41) is 44.3. The molecular formula is C6H10O8S. The second-order valence-corrected chi connectivity index (χ2v) is 3.91. The van der Waals surface area contributed by atoms with Gasteiger partial charge in [0.05, 0.1) is 6.61 Å². The topological polar surface area (TPSA) is 145 Å². The highest BCUT2D eigenvalue weighted by atomic mass is 32.2. The van der Waals surface area contributed by atoms with Gasteiger partial charge in [0.2, 0.25) is 15.3 Å². The Bertz CT molecular complexity index is 367. The van der Waals surface area contributed by atoms with Crippen molar-refractivity contribution in [3.63, 3.8) is 0 Å². The molecule has 8 nitrogen and oxygen atoms in total. The van der Waals surface area contributed by atoms with E-state index in [4.69, 9.17) is 15.3 Å². The van der Waals surface area contributed by atoms with E-state index >= 15 is 0 Å². The second kappa shape index (κ2) is 4.14. The fourth-order valence-corrected chi connectivity index (χ4v) is 1.56. The van der Waals surface area contributed by atoms with Crippen LogP contribution in [0, 0.1) is 0 Å². The third-order valence-corrected chi connectivity index (χ3v) is 2.67. The zero-order valence-electron chi connectivity index (χ0n) is 7.31. The van der Waals surface area contributed by atoms with Crippen molar-refractivity contribution in [1.29, 1.82) is 0 Å². The average molecular weight is 242 g/mol. The average Bonchev–Trinajstić information content (AvgIpc) is 2.19. The summed E-state index contributed by atoms with van der Waals surface area (Å²) in [6.45, 7) is -0.629. The Morgan fingerprint density at radius 2 is 1.87 bits per heavy atom. The molecule has 0 aromatic heterocycles. The minimum atomic E-state index is -3.20. The van der Waals surface area contributed by atoms with E-state index in [0.29, 0.717) is 0 Å². The van der Waals surface area contributed by atoms with Crippen molar-refractivity contribution in [2.45, 2.75) is 24.1 Å². The van der Waals surface area contributed by atoms with E-state index in [1.807, 2.05) is 0 Å². The SMILES string of the molecule is O=S(=O)=C(O)[C@@]1(O)OC[C@@H](O)[C@@H](O)[C@@H]1O. The zero-order valence-corrected chi connectivity index (χ0v) is 8.12. The van der Waals surface area contributed by atoms with Gasteiger partial charge < -0.3 is 30.3 Å². The minimum absolute atomic E-state index is 0.629. The lowest BCUT2D eigenvalue weighted by Crippen LogP contribution is -2.64. The molecule has 1 saturated heterocycles. The summed E-state index contributed by atoms with van der Waals surface area (Å²) in [5.41, 5.74) is 0. The lowest BCUT2D eigenvalue weighted by molar-refractivity contribution is -0.289. The summed E-state index contributed by atoms with van der Waals surface area (Å²) in [4.78, 5) is 0. The monoisotopic (exact) mass is 242 g/mol. The van der Waals surface area contributed by atoms with Crippen LogP contribution in [0.25, 0.3) is 0 Å². The van der Waals surface area contributed by atoms with Gasteiger partial charge in [-0.05, 0) is 0 Å². The van der Waals surface area contributed by atoms with E-state index in [9.17, 15) is 18.6 Å². The van der Waals surface area contributed by atoms with Crippen molar-refractivity contribution in [2.24, 2.45) is 0 Å². The molecule has 0 saturated carbocycles. The zero-order chi connectivity index (χ0) is 11.8. The van der Waals surface area contributed by atoms with E-state index < -0.39 is 46.0 Å². The van der Waals surface area contributed by atoms with Crippen LogP contribution in [0.4, 0.5) is 0 Å². The van der Waals surface area contributed by atoms with Crippen LogP contribution in [-0.2, 0) is 15.0 Å². The number of aliphatic hydroxyl groups is 5. The maximum absolute atomic E-state index is 10.4. The fourth-order valence-electron chi connectivity index (χ4n) is 1.15. The van der Waals surface area contributed by atoms with Gasteiger partial charge in [0.25, 0.3) is 5.79 Å². The molecule has 0 aromatic carbocycles. The Labute approximate surface area is 85.5 Å². The van der Waals surface area contributed by atoms with Gasteiger partial charge in [-0.25, -0.2) is 0 Å². The largest absolute Gasteiger partial charge is 0.388 e. The first-order valence-corrected chi connectivity index (χ1v) is 4.94. The predicted molar refractivity (Wildman–Crippen MR) is 45.5 cm³/mol. The first kappa shape index (κ1) is 12.5. The van der Waals surface area contributed by atoms with Crippen LogP contribution in [0.5, 0.6) is 0 Å². The number of hydrogen-bond acceptors (Lipinski definition) is 7. The molecule has 0 radical (unpaired) electrons. The molecule has 1 aliphatic heterocycles. The molecule has 15 heavy (non-hydrogen) atoms. The third-order valence-electron chi connectivity index (χ3n) is 2.06. The molecule has 1 rings (SSSR count). The van der Waals surface area contributed by atoms with Gasteiger partial charge in [0.1, 0.15) is 18.3 Å². The van der Waals surface area contributed by atoms with Crippen LogP contribution in [0.3, 0.4) is 0 Å². The molecule has 0 spiro atoms. The Balaban J connectivity index is 3.11. The maximum atomic E-state index is 10.4. The van der Waals surface area contributed by atoms with Crippen molar-refractivity contribution in [1.82, 2.24) is 0 Å². The Kier molecular flexibility index (Phi) is 3.45. The molecule has 88 valence electrons. The van der Waals surface area contributed by atoms with Crippen LogP contribution in [0.15, 0.2) is 0 Å². The van der Waals surface area contributed by atoms with Gasteiger partial charge in [0.15, 0.2) is 0 Å². The van der Waals surface area contributed by atoms with Crippen molar-refractivity contribution < 1.29 is 38.7 Å². The van der Waals surface area contributed by atoms with E-state index in [0.717, 1.165) is 0 Å². The molecule has 1 heterocycles. The molecule has 0 aliphatic carbocycles. The number of ether oxygens (including phenoxy) is 1. The van der Waals surface area contributed by atoms with Gasteiger partial charge >= 0.3 is 0 Å². The van der Waals surface area contributed by atoms with Gasteiger partial charge in [-0.2, -0.15) is 8.42 Å². The normalized spacial score (nSPS) is 41.3.